The molecule has 0 radical (unpaired) electrons. The van der Waals surface area contributed by atoms with Crippen LogP contribution < -0.4 is 9.46 Å². The van der Waals surface area contributed by atoms with Crippen LogP contribution in [0.2, 0.25) is 10.0 Å². The second-order valence-corrected chi connectivity index (χ2v) is 13.4. The number of pyridine rings is 1. The van der Waals surface area contributed by atoms with E-state index in [4.69, 9.17) is 32.9 Å². The molecule has 0 spiro atoms. The molecular formula is C31H30Cl2N4O2S. The van der Waals surface area contributed by atoms with Gasteiger partial charge in [0.2, 0.25) is 5.88 Å². The van der Waals surface area contributed by atoms with Gasteiger partial charge in [-0.3, -0.25) is 0 Å². The lowest BCUT2D eigenvalue weighted by Gasteiger charge is -2.38. The van der Waals surface area contributed by atoms with Crippen LogP contribution in [0.3, 0.4) is 0 Å². The maximum Gasteiger partial charge on any atom is 0.214 e. The average molecular weight is 594 g/mol. The maximum absolute atomic E-state index is 13.9. The number of fused-ring (bicyclic) bond motifs is 1. The first-order chi connectivity index (χ1) is 19.0. The summed E-state index contributed by atoms with van der Waals surface area (Å²) in [5.41, 5.74) is 4.09. The first-order valence-corrected chi connectivity index (χ1v) is 14.6. The number of ether oxygens (including phenoxy) is 1. The Bertz CT molecular complexity index is 1710. The number of hydrogen-bond acceptors (Lipinski definition) is 4. The van der Waals surface area contributed by atoms with Gasteiger partial charge in [0.15, 0.2) is 0 Å². The highest BCUT2D eigenvalue weighted by Gasteiger charge is 2.42. The van der Waals surface area contributed by atoms with Gasteiger partial charge in [-0.15, -0.1) is 0 Å². The van der Waals surface area contributed by atoms with Gasteiger partial charge in [0.25, 0.3) is 0 Å². The molecule has 6 nitrogen and oxygen atoms in total. The van der Waals surface area contributed by atoms with Crippen LogP contribution in [-0.4, -0.2) is 30.6 Å². The highest BCUT2D eigenvalue weighted by molar-refractivity contribution is 7.84. The Morgan fingerprint density at radius 1 is 0.925 bits per heavy atom. The van der Waals surface area contributed by atoms with Crippen molar-refractivity contribution in [1.29, 1.82) is 0 Å². The standard InChI is InChI=1S/C31H30Cl2N4O2S/c1-30(2,3)40(38)36-31(28-18-34-19-37(28)4,21-9-12-23(32)13-10-21)22-11-14-27-26(16-22)25(17-29(35-27)39-5)20-7-6-8-24(33)15-20/h6-19,36H,1-5H3. The average Bonchev–Trinajstić information content (AvgIpc) is 3.36. The summed E-state index contributed by atoms with van der Waals surface area (Å²) in [6, 6.07) is 23.2. The monoisotopic (exact) mass is 592 g/mol. The minimum Gasteiger partial charge on any atom is -0.481 e. The Kier molecular flexibility index (Phi) is 7.77. The number of nitrogens with one attached hydrogen (secondary N) is 1. The normalized spacial score (nSPS) is 14.2. The van der Waals surface area contributed by atoms with Gasteiger partial charge < -0.3 is 9.30 Å². The molecule has 5 rings (SSSR count). The number of aryl methyl sites for hydroxylation is 1. The van der Waals surface area contributed by atoms with Gasteiger partial charge >= 0.3 is 0 Å². The number of hydrogen-bond donors (Lipinski definition) is 1. The van der Waals surface area contributed by atoms with Crippen LogP contribution >= 0.6 is 23.2 Å². The molecule has 2 aromatic heterocycles. The molecule has 0 saturated carbocycles. The molecule has 9 heteroatoms. The minimum absolute atomic E-state index is 0.498. The Balaban J connectivity index is 1.87. The predicted molar refractivity (Wildman–Crippen MR) is 164 cm³/mol. The van der Waals surface area contributed by atoms with Crippen LogP contribution in [0.1, 0.15) is 37.6 Å². The van der Waals surface area contributed by atoms with Crippen molar-refractivity contribution < 1.29 is 8.95 Å². The van der Waals surface area contributed by atoms with Crippen LogP contribution in [0.25, 0.3) is 22.0 Å². The van der Waals surface area contributed by atoms with Crippen molar-refractivity contribution in [1.82, 2.24) is 19.3 Å². The van der Waals surface area contributed by atoms with E-state index >= 15 is 0 Å². The Morgan fingerprint density at radius 3 is 2.27 bits per heavy atom. The second-order valence-electron chi connectivity index (χ2n) is 10.6. The molecule has 0 bridgehead atoms. The number of halogens is 2. The van der Waals surface area contributed by atoms with E-state index in [1.54, 1.807) is 19.6 Å². The first-order valence-electron chi connectivity index (χ1n) is 12.7. The van der Waals surface area contributed by atoms with Gasteiger partial charge in [0.1, 0.15) is 5.54 Å². The van der Waals surface area contributed by atoms with Crippen LogP contribution in [0, 0.1) is 0 Å². The molecule has 2 atom stereocenters. The summed E-state index contributed by atoms with van der Waals surface area (Å²) in [7, 11) is 2.06. The van der Waals surface area contributed by atoms with E-state index in [2.05, 4.69) is 15.8 Å². The molecule has 0 amide bonds. The van der Waals surface area contributed by atoms with Gasteiger partial charge in [0.05, 0.1) is 46.6 Å². The molecule has 2 heterocycles. The largest absolute Gasteiger partial charge is 0.481 e. The quantitative estimate of drug-likeness (QED) is 0.215. The zero-order valence-electron chi connectivity index (χ0n) is 22.9. The fourth-order valence-electron chi connectivity index (χ4n) is 4.78. The number of methoxy groups -OCH3 is 1. The van der Waals surface area contributed by atoms with Crippen LogP contribution in [0.4, 0.5) is 0 Å². The van der Waals surface area contributed by atoms with Crippen LogP contribution in [0.15, 0.2) is 85.3 Å². The lowest BCUT2D eigenvalue weighted by atomic mass is 9.80. The predicted octanol–water partition coefficient (Wildman–Crippen LogP) is 7.29. The minimum atomic E-state index is -1.47. The lowest BCUT2D eigenvalue weighted by Crippen LogP contribution is -2.50. The van der Waals surface area contributed by atoms with E-state index in [0.717, 1.165) is 38.9 Å². The van der Waals surface area contributed by atoms with Crippen LogP contribution in [0.5, 0.6) is 5.88 Å². The summed E-state index contributed by atoms with van der Waals surface area (Å²) in [5.74, 6) is 0.498. The topological polar surface area (TPSA) is 69.0 Å². The maximum atomic E-state index is 13.9. The molecule has 1 N–H and O–H groups in total. The third-order valence-electron chi connectivity index (χ3n) is 6.84. The van der Waals surface area contributed by atoms with Gasteiger partial charge in [-0.2, -0.15) is 0 Å². The summed E-state index contributed by atoms with van der Waals surface area (Å²) in [6.07, 6.45) is 3.54. The molecule has 0 aliphatic carbocycles. The Labute approximate surface area is 246 Å². The third kappa shape index (κ3) is 5.27. The van der Waals surface area contributed by atoms with Gasteiger partial charge in [-0.05, 0) is 79.4 Å². The van der Waals surface area contributed by atoms with Gasteiger partial charge in [-0.25, -0.2) is 18.9 Å². The first kappa shape index (κ1) is 28.3. The fourth-order valence-corrected chi connectivity index (χ4v) is 6.02. The van der Waals surface area contributed by atoms with E-state index in [1.165, 1.54) is 0 Å². The SMILES string of the molecule is COc1cc(-c2cccc(Cl)c2)c2cc(C(NS(=O)C(C)(C)C)(c3ccc(Cl)cc3)c3cncn3C)ccc2n1. The molecule has 40 heavy (non-hydrogen) atoms. The summed E-state index contributed by atoms with van der Waals surface area (Å²) < 4.78 is 24.3. The number of aromatic nitrogens is 3. The van der Waals surface area contributed by atoms with E-state index in [0.29, 0.717) is 15.9 Å². The number of imidazole rings is 1. The highest BCUT2D eigenvalue weighted by atomic mass is 35.5. The molecule has 0 fully saturated rings. The van der Waals surface area contributed by atoms with E-state index in [1.807, 2.05) is 99.1 Å². The number of benzene rings is 3. The van der Waals surface area contributed by atoms with Crippen LogP contribution in [-0.2, 0) is 23.6 Å². The molecule has 5 aromatic rings. The molecule has 2 unspecified atom stereocenters. The summed E-state index contributed by atoms with van der Waals surface area (Å²) in [5, 5.41) is 2.13. The van der Waals surface area contributed by atoms with E-state index in [9.17, 15) is 4.21 Å². The third-order valence-corrected chi connectivity index (χ3v) is 8.93. The van der Waals surface area contributed by atoms with Gasteiger partial charge in [-0.1, -0.05) is 53.5 Å². The second kappa shape index (κ2) is 11.0. The zero-order valence-corrected chi connectivity index (χ0v) is 25.2. The smallest absolute Gasteiger partial charge is 0.214 e. The van der Waals surface area contributed by atoms with Crippen molar-refractivity contribution in [2.75, 3.05) is 7.11 Å². The van der Waals surface area contributed by atoms with E-state index < -0.39 is 21.3 Å². The number of rotatable bonds is 7. The van der Waals surface area contributed by atoms with Crippen molar-refractivity contribution in [2.45, 2.75) is 31.1 Å². The summed E-state index contributed by atoms with van der Waals surface area (Å²) in [6.45, 7) is 5.83. The molecule has 0 aliphatic rings. The number of nitrogens with zero attached hydrogens (tertiary/aromatic N) is 3. The van der Waals surface area contributed by atoms with Gasteiger partial charge in [0, 0.05) is 28.5 Å². The van der Waals surface area contributed by atoms with Crippen molar-refractivity contribution in [3.8, 4) is 17.0 Å². The van der Waals surface area contributed by atoms with Crippen molar-refractivity contribution >= 4 is 45.1 Å². The molecular weight excluding hydrogens is 563 g/mol. The summed E-state index contributed by atoms with van der Waals surface area (Å²) >= 11 is 12.7. The lowest BCUT2D eigenvalue weighted by molar-refractivity contribution is 0.400. The molecule has 0 saturated heterocycles. The Morgan fingerprint density at radius 2 is 1.65 bits per heavy atom. The van der Waals surface area contributed by atoms with Crippen molar-refractivity contribution in [3.63, 3.8) is 0 Å². The molecule has 3 aromatic carbocycles. The molecule has 206 valence electrons. The molecule has 0 aliphatic heterocycles. The van der Waals surface area contributed by atoms with E-state index in [-0.39, 0.29) is 0 Å². The summed E-state index contributed by atoms with van der Waals surface area (Å²) in [4.78, 5) is 9.16. The van der Waals surface area contributed by atoms with Crippen molar-refractivity contribution in [3.05, 3.63) is 112 Å². The zero-order chi connectivity index (χ0) is 28.7. The van der Waals surface area contributed by atoms with Crippen molar-refractivity contribution in [2.24, 2.45) is 7.05 Å². The highest BCUT2D eigenvalue weighted by Crippen LogP contribution is 2.41. The fraction of sp³-hybridized carbons (Fsp3) is 0.226. The Hall–Kier alpha value is -3.23.